The first-order valence-electron chi connectivity index (χ1n) is 19.5. The van der Waals surface area contributed by atoms with E-state index in [0.717, 1.165) is 0 Å². The van der Waals surface area contributed by atoms with Crippen molar-refractivity contribution in [1.82, 2.24) is 19.9 Å². The average Bonchev–Trinajstić information content (AvgIpc) is 3.33. The Bertz CT molecular complexity index is 1640. The van der Waals surface area contributed by atoms with Gasteiger partial charge in [-0.05, 0) is 149 Å². The molecule has 4 radical (unpaired) electrons. The molecule has 0 fully saturated rings. The molecule has 0 amide bonds. The predicted molar refractivity (Wildman–Crippen MR) is 256 cm³/mol. The van der Waals surface area contributed by atoms with Crippen LogP contribution in [0.3, 0.4) is 0 Å². The van der Waals surface area contributed by atoms with Crippen LogP contribution < -0.4 is 40.9 Å². The zero-order valence-electron chi connectivity index (χ0n) is 42.7. The number of aromatic nitrogens is 4. The topological polar surface area (TPSA) is 373 Å². The third-order valence-electron chi connectivity index (χ3n) is 5.05. The molecule has 4 aromatic heterocycles. The Morgan fingerprint density at radius 1 is 0.224 bits per heavy atom. The monoisotopic (exact) mass is 1250 g/mol. The Morgan fingerprint density at radius 3 is 0.303 bits per heavy atom. The molecule has 4 aromatic rings. The standard InChI is InChI=1S/4C5H5N.8C4H6O2.4Cu/c4*1-2-4-6-5-3-1;8*1-3(2)4(5)6;;;;/h4*1-5H;8*1H2,2H3,(H,5,6);;;;/q;;;;;;;;;;;;4*+2/p-8. The quantitative estimate of drug-likeness (QED) is 0.148. The number of carboxylic acids is 8. The van der Waals surface area contributed by atoms with Gasteiger partial charge in [0.25, 0.3) is 0 Å². The van der Waals surface area contributed by atoms with E-state index in [1.165, 1.54) is 55.4 Å². The molecule has 0 aromatic carbocycles. The van der Waals surface area contributed by atoms with Crippen molar-refractivity contribution in [1.29, 1.82) is 0 Å². The number of carboxylic acid groups (broad SMARTS) is 8. The van der Waals surface area contributed by atoms with Crippen LogP contribution in [0.5, 0.6) is 0 Å². The molecule has 76 heavy (non-hydrogen) atoms. The first-order valence-corrected chi connectivity index (χ1v) is 19.5. The second kappa shape index (κ2) is 71.6. The Kier molecular flexibility index (Phi) is 92.0. The summed E-state index contributed by atoms with van der Waals surface area (Å²) in [6, 6.07) is 22.9. The fourth-order valence-corrected chi connectivity index (χ4v) is 1.25. The van der Waals surface area contributed by atoms with E-state index in [2.05, 4.69) is 72.6 Å². The molecular weight excluding hydrogens is 1190 g/mol. The van der Waals surface area contributed by atoms with Gasteiger partial charge in [0, 0.05) is 49.6 Å². The number of pyridine rings is 4. The molecule has 20 nitrogen and oxygen atoms in total. The fourth-order valence-electron chi connectivity index (χ4n) is 1.25. The maximum Gasteiger partial charge on any atom is 2.00 e. The fraction of sp³-hybridized carbons (Fsp3) is 0.154. The summed E-state index contributed by atoms with van der Waals surface area (Å²) < 4.78 is 0. The van der Waals surface area contributed by atoms with Crippen molar-refractivity contribution in [2.75, 3.05) is 0 Å². The second-order valence-electron chi connectivity index (χ2n) is 12.6. The van der Waals surface area contributed by atoms with Crippen molar-refractivity contribution in [2.24, 2.45) is 0 Å². The van der Waals surface area contributed by atoms with Gasteiger partial charge in [0.1, 0.15) is 0 Å². The van der Waals surface area contributed by atoms with Crippen LogP contribution in [-0.4, -0.2) is 67.7 Å². The summed E-state index contributed by atoms with van der Waals surface area (Å²) in [6.07, 6.45) is 14.0. The molecule has 24 heteroatoms. The van der Waals surface area contributed by atoms with Gasteiger partial charge in [0.05, 0.1) is 47.8 Å². The van der Waals surface area contributed by atoms with Crippen molar-refractivity contribution in [3.05, 3.63) is 220 Å². The van der Waals surface area contributed by atoms with Crippen LogP contribution in [0.25, 0.3) is 0 Å². The minimum absolute atomic E-state index is 0. The van der Waals surface area contributed by atoms with Crippen molar-refractivity contribution in [2.45, 2.75) is 55.4 Å². The Labute approximate surface area is 487 Å². The van der Waals surface area contributed by atoms with Crippen LogP contribution in [0.2, 0.25) is 0 Å². The van der Waals surface area contributed by atoms with Crippen molar-refractivity contribution in [3.8, 4) is 0 Å². The number of aliphatic carboxylic acids is 8. The van der Waals surface area contributed by atoms with E-state index in [0.29, 0.717) is 0 Å². The van der Waals surface area contributed by atoms with Gasteiger partial charge in [-0.1, -0.05) is 76.9 Å². The van der Waals surface area contributed by atoms with Crippen molar-refractivity contribution < 1.29 is 147 Å². The summed E-state index contributed by atoms with van der Waals surface area (Å²) in [6.45, 7) is 35.8. The number of nitrogens with zero attached hydrogens (tertiary/aromatic N) is 4. The van der Waals surface area contributed by atoms with Crippen molar-refractivity contribution >= 4 is 47.8 Å². The Balaban J connectivity index is -0.0000000585. The van der Waals surface area contributed by atoms with Gasteiger partial charge in [-0.15, -0.1) is 0 Å². The maximum absolute atomic E-state index is 9.49. The largest absolute Gasteiger partial charge is 2.00 e. The van der Waals surface area contributed by atoms with Gasteiger partial charge < -0.3 is 79.2 Å². The van der Waals surface area contributed by atoms with E-state index in [1.807, 2.05) is 72.8 Å². The van der Waals surface area contributed by atoms with Gasteiger partial charge in [-0.3, -0.25) is 19.9 Å². The second-order valence-corrected chi connectivity index (χ2v) is 12.6. The molecule has 0 unspecified atom stereocenters. The summed E-state index contributed by atoms with van der Waals surface area (Å²) in [5.41, 5.74) is 0.519. The first kappa shape index (κ1) is 97.6. The number of carbonyl (C=O) groups excluding carboxylic acids is 8. The minimum Gasteiger partial charge on any atom is -0.545 e. The van der Waals surface area contributed by atoms with Crippen LogP contribution in [0.4, 0.5) is 0 Å². The number of rotatable bonds is 8. The molecular formula is C52H60Cu4N4O16. The zero-order chi connectivity index (χ0) is 58.2. The SMILES string of the molecule is C=C(C)C(=O)[O-].C=C(C)C(=O)[O-].C=C(C)C(=O)[O-].C=C(C)C(=O)[O-].C=C(C)C(=O)[O-].C=C(C)C(=O)[O-].C=C(C)C(=O)[O-].C=C(C)C(=O)[O-].[Cu+2].[Cu+2].[Cu+2].[Cu+2].c1ccncc1.c1ccncc1.c1ccncc1.c1ccncc1. The van der Waals surface area contributed by atoms with Gasteiger partial charge in [0.15, 0.2) is 0 Å². The van der Waals surface area contributed by atoms with Crippen LogP contribution >= 0.6 is 0 Å². The summed E-state index contributed by atoms with van der Waals surface area (Å²) in [7, 11) is 0. The average molecular weight is 1250 g/mol. The van der Waals surface area contributed by atoms with E-state index in [1.54, 1.807) is 49.6 Å². The van der Waals surface area contributed by atoms with E-state index >= 15 is 0 Å². The van der Waals surface area contributed by atoms with Gasteiger partial charge in [-0.25, -0.2) is 0 Å². The molecule has 0 atom stereocenters. The number of hydrogen-bond acceptors (Lipinski definition) is 20. The zero-order valence-corrected chi connectivity index (χ0v) is 46.5. The Morgan fingerprint density at radius 2 is 0.289 bits per heavy atom. The third-order valence-corrected chi connectivity index (χ3v) is 5.05. The molecule has 0 aliphatic carbocycles. The summed E-state index contributed by atoms with van der Waals surface area (Å²) in [5.74, 6) is -9.48. The third kappa shape index (κ3) is 121. The number of hydrogen-bond donors (Lipinski definition) is 0. The molecule has 0 aliphatic rings. The summed E-state index contributed by atoms with van der Waals surface area (Å²) in [4.78, 5) is 91.0. The summed E-state index contributed by atoms with van der Waals surface area (Å²) >= 11 is 0. The van der Waals surface area contributed by atoms with E-state index in [9.17, 15) is 79.2 Å². The maximum atomic E-state index is 9.49. The van der Waals surface area contributed by atoms with Crippen LogP contribution in [-0.2, 0) is 107 Å². The molecule has 4 heterocycles. The first-order chi connectivity index (χ1) is 33.1. The van der Waals surface area contributed by atoms with Crippen LogP contribution in [0, 0.1) is 0 Å². The van der Waals surface area contributed by atoms with Crippen molar-refractivity contribution in [3.63, 3.8) is 0 Å². The summed E-state index contributed by atoms with van der Waals surface area (Å²) in [5, 5.41) is 75.9. The number of carbonyl (C=O) groups is 8. The predicted octanol–water partition coefficient (Wildman–Crippen LogP) is -1.18. The van der Waals surface area contributed by atoms with Gasteiger partial charge >= 0.3 is 68.3 Å². The molecule has 428 valence electrons. The molecule has 0 saturated heterocycles. The molecule has 0 spiro atoms. The molecule has 0 bridgehead atoms. The Hall–Kier alpha value is -7.64. The van der Waals surface area contributed by atoms with E-state index in [4.69, 9.17) is 0 Å². The van der Waals surface area contributed by atoms with E-state index in [-0.39, 0.29) is 113 Å². The molecule has 4 rings (SSSR count). The minimum atomic E-state index is -1.19. The normalized spacial score (nSPS) is 7.26. The van der Waals surface area contributed by atoms with Crippen LogP contribution in [0.15, 0.2) is 220 Å². The smallest absolute Gasteiger partial charge is 0.545 e. The molecule has 0 saturated carbocycles. The van der Waals surface area contributed by atoms with Gasteiger partial charge in [0.2, 0.25) is 0 Å². The van der Waals surface area contributed by atoms with E-state index < -0.39 is 47.8 Å². The molecule has 0 aliphatic heterocycles. The van der Waals surface area contributed by atoms with Gasteiger partial charge in [-0.2, -0.15) is 0 Å². The molecule has 0 N–H and O–H groups in total. The van der Waals surface area contributed by atoms with Crippen LogP contribution in [0.1, 0.15) is 55.4 Å².